The molecule has 0 aliphatic carbocycles. The van der Waals surface area contributed by atoms with Crippen molar-refractivity contribution in [2.24, 2.45) is 4.99 Å². The summed E-state index contributed by atoms with van der Waals surface area (Å²) in [6, 6.07) is 13.6. The summed E-state index contributed by atoms with van der Waals surface area (Å²) in [4.78, 5) is 15.9. The largest absolute Gasteiger partial charge is 0.478 e. The summed E-state index contributed by atoms with van der Waals surface area (Å²) in [6.07, 6.45) is 1.90. The number of benzene rings is 2. The van der Waals surface area contributed by atoms with Crippen molar-refractivity contribution in [2.45, 2.75) is 34.6 Å². The highest BCUT2D eigenvalue weighted by Crippen LogP contribution is 2.25. The Hall–Kier alpha value is -3.14. The fourth-order valence-corrected chi connectivity index (χ4v) is 3.33. The molecule has 0 atom stereocenters. The van der Waals surface area contributed by atoms with Crippen molar-refractivity contribution in [1.29, 1.82) is 0 Å². The second kappa shape index (κ2) is 7.23. The van der Waals surface area contributed by atoms with Crippen LogP contribution in [0.4, 0.5) is 5.69 Å². The molecule has 27 heavy (non-hydrogen) atoms. The van der Waals surface area contributed by atoms with Crippen LogP contribution in [0.2, 0.25) is 0 Å². The third-order valence-electron chi connectivity index (χ3n) is 4.86. The molecule has 0 fully saturated rings. The van der Waals surface area contributed by atoms with E-state index in [9.17, 15) is 9.90 Å². The molecule has 3 aromatic rings. The predicted octanol–water partition coefficient (Wildman–Crippen LogP) is 5.47. The maximum absolute atomic E-state index is 11.2. The Bertz CT molecular complexity index is 1060. The van der Waals surface area contributed by atoms with Crippen molar-refractivity contribution in [3.8, 4) is 5.69 Å². The van der Waals surface area contributed by atoms with Gasteiger partial charge in [-0.05, 0) is 81.6 Å². The Labute approximate surface area is 159 Å². The average molecular weight is 360 g/mol. The Kier molecular flexibility index (Phi) is 5.00. The summed E-state index contributed by atoms with van der Waals surface area (Å²) in [5.74, 6) is -0.910. The highest BCUT2D eigenvalue weighted by molar-refractivity contribution is 5.88. The van der Waals surface area contributed by atoms with Crippen molar-refractivity contribution in [3.05, 3.63) is 81.7 Å². The normalized spacial score (nSPS) is 11.3. The van der Waals surface area contributed by atoms with Gasteiger partial charge in [0.25, 0.3) is 0 Å². The van der Waals surface area contributed by atoms with Gasteiger partial charge in [-0.2, -0.15) is 0 Å². The first-order valence-corrected chi connectivity index (χ1v) is 8.92. The molecule has 2 aromatic carbocycles. The van der Waals surface area contributed by atoms with Gasteiger partial charge in [0.05, 0.1) is 11.3 Å². The predicted molar refractivity (Wildman–Crippen MR) is 110 cm³/mol. The van der Waals surface area contributed by atoms with Crippen molar-refractivity contribution >= 4 is 17.9 Å². The minimum absolute atomic E-state index is 0.301. The van der Waals surface area contributed by atoms with E-state index >= 15 is 0 Å². The number of aliphatic imine (C=N–C) groups is 1. The lowest BCUT2D eigenvalue weighted by molar-refractivity contribution is 0.0697. The number of nitrogens with zero attached hydrogens (tertiary/aromatic N) is 2. The Morgan fingerprint density at radius 3 is 2.37 bits per heavy atom. The Balaban J connectivity index is 2.02. The van der Waals surface area contributed by atoms with Crippen LogP contribution in [0.15, 0.2) is 47.5 Å². The van der Waals surface area contributed by atoms with Crippen molar-refractivity contribution in [2.75, 3.05) is 0 Å². The molecule has 0 aliphatic rings. The van der Waals surface area contributed by atoms with Gasteiger partial charge in [0, 0.05) is 28.9 Å². The molecule has 1 heterocycles. The quantitative estimate of drug-likeness (QED) is 0.627. The molecule has 0 aliphatic heterocycles. The fraction of sp³-hybridized carbons (Fsp3) is 0.217. The van der Waals surface area contributed by atoms with E-state index < -0.39 is 5.97 Å². The smallest absolute Gasteiger partial charge is 0.335 e. The fourth-order valence-electron chi connectivity index (χ4n) is 3.33. The van der Waals surface area contributed by atoms with Crippen LogP contribution >= 0.6 is 0 Å². The molecule has 0 amide bonds. The van der Waals surface area contributed by atoms with Gasteiger partial charge < -0.3 is 9.67 Å². The third-order valence-corrected chi connectivity index (χ3v) is 4.86. The van der Waals surface area contributed by atoms with Gasteiger partial charge in [0.15, 0.2) is 0 Å². The summed E-state index contributed by atoms with van der Waals surface area (Å²) in [6.45, 7) is 10.2. The summed E-state index contributed by atoms with van der Waals surface area (Å²) < 4.78 is 2.14. The van der Waals surface area contributed by atoms with Gasteiger partial charge in [0.1, 0.15) is 0 Å². The number of carbonyl (C=O) groups is 1. The first-order chi connectivity index (χ1) is 12.8. The number of aromatic nitrogens is 1. The molecule has 0 radical (unpaired) electrons. The van der Waals surface area contributed by atoms with Gasteiger partial charge in [-0.3, -0.25) is 4.99 Å². The second-order valence-corrected chi connectivity index (χ2v) is 7.02. The van der Waals surface area contributed by atoms with Crippen LogP contribution in [0.1, 0.15) is 44.0 Å². The number of hydrogen-bond acceptors (Lipinski definition) is 2. The molecule has 0 spiro atoms. The highest BCUT2D eigenvalue weighted by atomic mass is 16.4. The SMILES string of the molecule is Cc1ccc(C)c(N=Cc2cc(C)n(-c3ccc(C(=O)O)cc3C)c2C)c1. The second-order valence-electron chi connectivity index (χ2n) is 7.02. The van der Waals surface area contributed by atoms with E-state index in [1.54, 1.807) is 12.1 Å². The van der Waals surface area contributed by atoms with Crippen LogP contribution in [0, 0.1) is 34.6 Å². The van der Waals surface area contributed by atoms with Crippen molar-refractivity contribution < 1.29 is 9.90 Å². The molecule has 0 bridgehead atoms. The monoisotopic (exact) mass is 360 g/mol. The van der Waals surface area contributed by atoms with Gasteiger partial charge in [-0.25, -0.2) is 4.79 Å². The summed E-state index contributed by atoms with van der Waals surface area (Å²) in [7, 11) is 0. The van der Waals surface area contributed by atoms with Crippen LogP contribution in [0.5, 0.6) is 0 Å². The van der Waals surface area contributed by atoms with E-state index in [1.165, 1.54) is 5.56 Å². The van der Waals surface area contributed by atoms with E-state index in [4.69, 9.17) is 0 Å². The van der Waals surface area contributed by atoms with Gasteiger partial charge in [-0.1, -0.05) is 12.1 Å². The molecule has 0 saturated carbocycles. The standard InChI is InChI=1S/C23H24N2O2/c1-14-6-7-15(2)21(10-14)24-13-20-12-17(4)25(18(20)5)22-9-8-19(23(26)27)11-16(22)3/h6-13H,1-5H3,(H,26,27). The first kappa shape index (κ1) is 18.6. The van der Waals surface area contributed by atoms with E-state index in [0.29, 0.717) is 5.56 Å². The molecule has 3 rings (SSSR count). The molecule has 138 valence electrons. The van der Waals surface area contributed by atoms with Crippen molar-refractivity contribution in [3.63, 3.8) is 0 Å². The molecule has 0 saturated heterocycles. The molecule has 4 heteroatoms. The molecule has 1 aromatic heterocycles. The van der Waals surface area contributed by atoms with Gasteiger partial charge in [0.2, 0.25) is 0 Å². The lowest BCUT2D eigenvalue weighted by Crippen LogP contribution is -2.04. The van der Waals surface area contributed by atoms with Crippen LogP contribution in [-0.4, -0.2) is 21.9 Å². The molecule has 1 N–H and O–H groups in total. The minimum atomic E-state index is -0.910. The van der Waals surface area contributed by atoms with Gasteiger partial charge in [-0.15, -0.1) is 0 Å². The number of hydrogen-bond donors (Lipinski definition) is 1. The number of carboxylic acids is 1. The molecular formula is C23H24N2O2. The highest BCUT2D eigenvalue weighted by Gasteiger charge is 2.13. The van der Waals surface area contributed by atoms with E-state index in [2.05, 4.69) is 54.6 Å². The maximum atomic E-state index is 11.2. The van der Waals surface area contributed by atoms with Crippen molar-refractivity contribution in [1.82, 2.24) is 4.57 Å². The topological polar surface area (TPSA) is 54.6 Å². The summed E-state index contributed by atoms with van der Waals surface area (Å²) in [5.41, 5.74) is 8.73. The summed E-state index contributed by atoms with van der Waals surface area (Å²) >= 11 is 0. The first-order valence-electron chi connectivity index (χ1n) is 8.92. The average Bonchev–Trinajstić information content (AvgIpc) is 2.89. The summed E-state index contributed by atoms with van der Waals surface area (Å²) in [5, 5.41) is 9.18. The number of rotatable bonds is 4. The van der Waals surface area contributed by atoms with Crippen LogP contribution in [-0.2, 0) is 0 Å². The number of aromatic carboxylic acids is 1. The van der Waals surface area contributed by atoms with Crippen LogP contribution in [0.3, 0.4) is 0 Å². The van der Waals surface area contributed by atoms with E-state index in [0.717, 1.165) is 39.5 Å². The van der Waals surface area contributed by atoms with Gasteiger partial charge >= 0.3 is 5.97 Å². The zero-order valence-electron chi connectivity index (χ0n) is 16.4. The van der Waals surface area contributed by atoms with Crippen LogP contribution < -0.4 is 0 Å². The lowest BCUT2D eigenvalue weighted by Gasteiger charge is -2.13. The number of carboxylic acid groups (broad SMARTS) is 1. The third kappa shape index (κ3) is 3.70. The van der Waals surface area contributed by atoms with Crippen LogP contribution in [0.25, 0.3) is 5.69 Å². The zero-order chi connectivity index (χ0) is 19.7. The maximum Gasteiger partial charge on any atom is 0.335 e. The molecular weight excluding hydrogens is 336 g/mol. The molecule has 0 unspecified atom stereocenters. The Morgan fingerprint density at radius 2 is 1.70 bits per heavy atom. The number of aryl methyl sites for hydroxylation is 4. The minimum Gasteiger partial charge on any atom is -0.478 e. The lowest BCUT2D eigenvalue weighted by atomic mass is 10.1. The Morgan fingerprint density at radius 1 is 0.963 bits per heavy atom. The van der Waals surface area contributed by atoms with E-state index in [1.807, 2.05) is 26.1 Å². The van der Waals surface area contributed by atoms with E-state index in [-0.39, 0.29) is 0 Å². The zero-order valence-corrected chi connectivity index (χ0v) is 16.4. The molecule has 4 nitrogen and oxygen atoms in total.